The number of nitrogens with zero attached hydrogens (tertiary/aromatic N) is 1. The first-order valence-corrected chi connectivity index (χ1v) is 9.08. The van der Waals surface area contributed by atoms with Gasteiger partial charge in [-0.25, -0.2) is 4.79 Å². The van der Waals surface area contributed by atoms with Crippen molar-refractivity contribution in [3.63, 3.8) is 0 Å². The molecule has 1 N–H and O–H groups in total. The third-order valence-corrected chi connectivity index (χ3v) is 4.37. The third-order valence-electron chi connectivity index (χ3n) is 4.06. The molecule has 0 radical (unpaired) electrons. The van der Waals surface area contributed by atoms with Crippen molar-refractivity contribution in [1.29, 1.82) is 0 Å². The van der Waals surface area contributed by atoms with Gasteiger partial charge in [0.25, 0.3) is 11.6 Å². The topological polar surface area (TPSA) is 117 Å². The monoisotopic (exact) mass is 420 g/mol. The summed E-state index contributed by atoms with van der Waals surface area (Å²) >= 11 is 5.70. The van der Waals surface area contributed by atoms with Crippen molar-refractivity contribution in [3.05, 3.63) is 62.7 Å². The molecule has 3 rings (SSSR count). The molecule has 0 aliphatic carbocycles. The Balaban J connectivity index is 1.45. The second-order valence-corrected chi connectivity index (χ2v) is 6.48. The van der Waals surface area contributed by atoms with E-state index in [0.29, 0.717) is 37.7 Å². The maximum Gasteiger partial charge on any atom is 0.338 e. The number of ether oxygens (including phenoxy) is 3. The van der Waals surface area contributed by atoms with Gasteiger partial charge >= 0.3 is 5.97 Å². The van der Waals surface area contributed by atoms with Crippen LogP contribution in [0.2, 0.25) is 5.02 Å². The largest absolute Gasteiger partial charge is 0.486 e. The Morgan fingerprint density at radius 2 is 1.90 bits per heavy atom. The lowest BCUT2D eigenvalue weighted by Gasteiger charge is -2.18. The normalized spacial score (nSPS) is 12.2. The molecule has 0 unspecified atom stereocenters. The van der Waals surface area contributed by atoms with Gasteiger partial charge in [0.15, 0.2) is 18.1 Å². The van der Waals surface area contributed by atoms with Gasteiger partial charge in [0.2, 0.25) is 0 Å². The molecule has 9 nitrogen and oxygen atoms in total. The minimum absolute atomic E-state index is 0.0646. The number of carbonyl (C=O) groups excluding carboxylic acids is 2. The molecule has 2 aromatic rings. The van der Waals surface area contributed by atoms with E-state index < -0.39 is 29.1 Å². The van der Waals surface area contributed by atoms with Gasteiger partial charge in [-0.05, 0) is 36.2 Å². The molecular formula is C19H17ClN2O7. The molecule has 29 heavy (non-hydrogen) atoms. The summed E-state index contributed by atoms with van der Waals surface area (Å²) in [5, 5.41) is 13.4. The first-order chi connectivity index (χ1) is 13.9. The number of amides is 1. The number of esters is 1. The molecule has 2 aromatic carbocycles. The van der Waals surface area contributed by atoms with E-state index in [-0.39, 0.29) is 10.6 Å². The minimum Gasteiger partial charge on any atom is -0.486 e. The zero-order valence-electron chi connectivity index (χ0n) is 15.2. The Hall–Kier alpha value is -3.33. The van der Waals surface area contributed by atoms with Crippen LogP contribution in [0, 0.1) is 10.1 Å². The van der Waals surface area contributed by atoms with Gasteiger partial charge in [0.1, 0.15) is 18.2 Å². The highest BCUT2D eigenvalue weighted by Crippen LogP contribution is 2.30. The zero-order valence-corrected chi connectivity index (χ0v) is 15.9. The van der Waals surface area contributed by atoms with Crippen LogP contribution in [-0.2, 0) is 16.0 Å². The van der Waals surface area contributed by atoms with Crippen LogP contribution in [-0.4, -0.2) is 43.2 Å². The van der Waals surface area contributed by atoms with E-state index in [1.807, 2.05) is 18.2 Å². The number of nitrogens with one attached hydrogen (secondary N) is 1. The van der Waals surface area contributed by atoms with Gasteiger partial charge in [-0.1, -0.05) is 17.7 Å². The summed E-state index contributed by atoms with van der Waals surface area (Å²) in [5.74, 6) is 0.0237. The summed E-state index contributed by atoms with van der Waals surface area (Å²) in [4.78, 5) is 34.0. The number of hydrogen-bond acceptors (Lipinski definition) is 7. The van der Waals surface area contributed by atoms with Crippen LogP contribution >= 0.6 is 11.6 Å². The first kappa shape index (κ1) is 20.4. The summed E-state index contributed by atoms with van der Waals surface area (Å²) in [5.41, 5.74) is 0.482. The second-order valence-electron chi connectivity index (χ2n) is 6.08. The Bertz CT molecular complexity index is 948. The van der Waals surface area contributed by atoms with E-state index in [9.17, 15) is 19.7 Å². The Morgan fingerprint density at radius 3 is 2.66 bits per heavy atom. The summed E-state index contributed by atoms with van der Waals surface area (Å²) in [6, 6.07) is 9.07. The molecule has 0 saturated heterocycles. The summed E-state index contributed by atoms with van der Waals surface area (Å²) in [7, 11) is 0. The third kappa shape index (κ3) is 5.35. The van der Waals surface area contributed by atoms with Crippen molar-refractivity contribution >= 4 is 29.2 Å². The van der Waals surface area contributed by atoms with Crippen molar-refractivity contribution in [2.75, 3.05) is 26.4 Å². The van der Waals surface area contributed by atoms with Gasteiger partial charge in [0.05, 0.1) is 10.5 Å². The van der Waals surface area contributed by atoms with E-state index >= 15 is 0 Å². The average molecular weight is 421 g/mol. The van der Waals surface area contributed by atoms with Crippen LogP contribution in [0.3, 0.4) is 0 Å². The van der Waals surface area contributed by atoms with Crippen LogP contribution in [0.15, 0.2) is 36.4 Å². The van der Waals surface area contributed by atoms with Crippen LogP contribution in [0.5, 0.6) is 11.5 Å². The number of nitro groups is 1. The predicted molar refractivity (Wildman–Crippen MR) is 103 cm³/mol. The van der Waals surface area contributed by atoms with Crippen LogP contribution in [0.1, 0.15) is 15.9 Å². The van der Waals surface area contributed by atoms with E-state index in [4.69, 9.17) is 25.8 Å². The number of halogens is 1. The van der Waals surface area contributed by atoms with Crippen molar-refractivity contribution < 1.29 is 28.7 Å². The zero-order chi connectivity index (χ0) is 20.8. The maximum atomic E-state index is 12.0. The molecule has 10 heteroatoms. The summed E-state index contributed by atoms with van der Waals surface area (Å²) in [6.45, 7) is 0.846. The first-order valence-electron chi connectivity index (χ1n) is 8.70. The highest BCUT2D eigenvalue weighted by molar-refractivity contribution is 6.32. The molecule has 0 atom stereocenters. The highest BCUT2D eigenvalue weighted by atomic mass is 35.5. The Kier molecular flexibility index (Phi) is 6.50. The SMILES string of the molecule is O=C(COC(=O)c1ccc(Cl)c([N+](=O)[O-])c1)NCCc1ccc2c(c1)OCCO2. The van der Waals surface area contributed by atoms with Gasteiger partial charge < -0.3 is 19.5 Å². The standard InChI is InChI=1S/C19H17ClN2O7/c20-14-3-2-13(10-15(14)22(25)26)19(24)29-11-18(23)21-6-5-12-1-4-16-17(9-12)28-8-7-27-16/h1-4,9-10H,5-8,11H2,(H,21,23). The lowest BCUT2D eigenvalue weighted by molar-refractivity contribution is -0.384. The van der Waals surface area contributed by atoms with Gasteiger partial charge in [0, 0.05) is 12.6 Å². The fourth-order valence-electron chi connectivity index (χ4n) is 2.63. The van der Waals surface area contributed by atoms with Crippen LogP contribution < -0.4 is 14.8 Å². The van der Waals surface area contributed by atoms with E-state index in [2.05, 4.69) is 5.32 Å². The molecule has 1 heterocycles. The predicted octanol–water partition coefficient (Wildman–Crippen LogP) is 2.54. The van der Waals surface area contributed by atoms with Crippen molar-refractivity contribution in [3.8, 4) is 11.5 Å². The van der Waals surface area contributed by atoms with Crippen molar-refractivity contribution in [1.82, 2.24) is 5.32 Å². The number of rotatable bonds is 7. The van der Waals surface area contributed by atoms with E-state index in [0.717, 1.165) is 11.6 Å². The fraction of sp³-hybridized carbons (Fsp3) is 0.263. The lowest BCUT2D eigenvalue weighted by atomic mass is 10.1. The Morgan fingerprint density at radius 1 is 1.14 bits per heavy atom. The molecular weight excluding hydrogens is 404 g/mol. The van der Waals surface area contributed by atoms with Gasteiger partial charge in [-0.2, -0.15) is 0 Å². The second kappa shape index (κ2) is 9.24. The molecule has 152 valence electrons. The van der Waals surface area contributed by atoms with Gasteiger partial charge in [-0.3, -0.25) is 14.9 Å². The highest BCUT2D eigenvalue weighted by Gasteiger charge is 2.18. The molecule has 1 amide bonds. The molecule has 1 aliphatic heterocycles. The summed E-state index contributed by atoms with van der Waals surface area (Å²) in [6.07, 6.45) is 0.555. The van der Waals surface area contributed by atoms with Crippen LogP contribution in [0.25, 0.3) is 0 Å². The maximum absolute atomic E-state index is 12.0. The average Bonchev–Trinajstić information content (AvgIpc) is 2.72. The molecule has 0 spiro atoms. The van der Waals surface area contributed by atoms with Crippen molar-refractivity contribution in [2.45, 2.75) is 6.42 Å². The minimum atomic E-state index is -0.855. The number of nitro benzene ring substituents is 1. The number of carbonyl (C=O) groups is 2. The number of benzene rings is 2. The lowest BCUT2D eigenvalue weighted by Crippen LogP contribution is -2.30. The van der Waals surface area contributed by atoms with E-state index in [1.165, 1.54) is 12.1 Å². The quantitative estimate of drug-likeness (QED) is 0.415. The fourth-order valence-corrected chi connectivity index (χ4v) is 2.82. The summed E-state index contributed by atoms with van der Waals surface area (Å²) < 4.78 is 15.8. The molecule has 0 fully saturated rings. The number of fused-ring (bicyclic) bond motifs is 1. The molecule has 0 aromatic heterocycles. The molecule has 0 saturated carbocycles. The smallest absolute Gasteiger partial charge is 0.338 e. The van der Waals surface area contributed by atoms with Crippen molar-refractivity contribution in [2.24, 2.45) is 0 Å². The van der Waals surface area contributed by atoms with E-state index in [1.54, 1.807) is 0 Å². The van der Waals surface area contributed by atoms with Gasteiger partial charge in [-0.15, -0.1) is 0 Å². The molecule has 0 bridgehead atoms. The number of hydrogen-bond donors (Lipinski definition) is 1. The Labute approximate surface area is 170 Å². The molecule has 1 aliphatic rings. The van der Waals surface area contributed by atoms with Crippen LogP contribution in [0.4, 0.5) is 5.69 Å².